The number of hydrogen-bond donors (Lipinski definition) is 2. The Hall–Kier alpha value is -1.73. The van der Waals surface area contributed by atoms with Gasteiger partial charge in [0.05, 0.1) is 19.0 Å². The standard InChI is InChI=1S/C16H24N4O3/c21-12-16(3-7-23-8-4-16)11-18-14-10-17-9-13(19-14)15(22)20-5-1-2-6-20/h9-10,21H,1-8,11-12H2,(H,18,19). The zero-order chi connectivity index (χ0) is 16.1. The maximum atomic E-state index is 12.4. The van der Waals surface area contributed by atoms with E-state index in [1.54, 1.807) is 6.20 Å². The van der Waals surface area contributed by atoms with E-state index in [1.165, 1.54) is 6.20 Å². The minimum absolute atomic E-state index is 0.0541. The molecular formula is C16H24N4O3. The summed E-state index contributed by atoms with van der Waals surface area (Å²) < 4.78 is 5.37. The maximum Gasteiger partial charge on any atom is 0.274 e. The Morgan fingerprint density at radius 2 is 2.04 bits per heavy atom. The summed E-state index contributed by atoms with van der Waals surface area (Å²) >= 11 is 0. The van der Waals surface area contributed by atoms with Crippen molar-refractivity contribution < 1.29 is 14.6 Å². The molecule has 7 nitrogen and oxygen atoms in total. The van der Waals surface area contributed by atoms with E-state index in [-0.39, 0.29) is 17.9 Å². The van der Waals surface area contributed by atoms with Crippen LogP contribution in [0.1, 0.15) is 36.2 Å². The average molecular weight is 320 g/mol. The van der Waals surface area contributed by atoms with Gasteiger partial charge in [-0.25, -0.2) is 4.98 Å². The molecule has 0 aromatic carbocycles. The lowest BCUT2D eigenvalue weighted by Gasteiger charge is -2.35. The van der Waals surface area contributed by atoms with Crippen LogP contribution in [0.4, 0.5) is 5.82 Å². The van der Waals surface area contributed by atoms with Crippen LogP contribution in [0.3, 0.4) is 0 Å². The molecule has 0 unspecified atom stereocenters. The molecule has 0 bridgehead atoms. The van der Waals surface area contributed by atoms with Crippen molar-refractivity contribution in [2.24, 2.45) is 5.41 Å². The van der Waals surface area contributed by atoms with Gasteiger partial charge in [0.25, 0.3) is 5.91 Å². The van der Waals surface area contributed by atoms with Crippen LogP contribution in [0.2, 0.25) is 0 Å². The smallest absolute Gasteiger partial charge is 0.274 e. The first-order chi connectivity index (χ1) is 11.2. The van der Waals surface area contributed by atoms with E-state index in [9.17, 15) is 9.90 Å². The SMILES string of the molecule is O=C(c1cncc(NCC2(CO)CCOCC2)n1)N1CCCC1. The second-order valence-electron chi connectivity index (χ2n) is 6.41. The van der Waals surface area contributed by atoms with Gasteiger partial charge in [-0.1, -0.05) is 0 Å². The van der Waals surface area contributed by atoms with Crippen LogP contribution in [0.5, 0.6) is 0 Å². The zero-order valence-corrected chi connectivity index (χ0v) is 13.3. The van der Waals surface area contributed by atoms with Gasteiger partial charge in [-0.15, -0.1) is 0 Å². The molecule has 0 spiro atoms. The first-order valence-electron chi connectivity index (χ1n) is 8.26. The number of hydrogen-bond acceptors (Lipinski definition) is 6. The molecule has 2 N–H and O–H groups in total. The molecule has 0 radical (unpaired) electrons. The van der Waals surface area contributed by atoms with Crippen molar-refractivity contribution in [3.8, 4) is 0 Å². The Kier molecular flexibility index (Phi) is 5.07. The van der Waals surface area contributed by atoms with Gasteiger partial charge in [0.1, 0.15) is 11.5 Å². The molecule has 2 aliphatic rings. The molecule has 1 aromatic rings. The monoisotopic (exact) mass is 320 g/mol. The third kappa shape index (κ3) is 3.79. The number of aromatic nitrogens is 2. The highest BCUT2D eigenvalue weighted by Crippen LogP contribution is 2.30. The number of nitrogens with one attached hydrogen (secondary N) is 1. The van der Waals surface area contributed by atoms with E-state index >= 15 is 0 Å². The Labute approximate surface area is 136 Å². The molecule has 0 saturated carbocycles. The van der Waals surface area contributed by atoms with E-state index in [1.807, 2.05) is 4.90 Å². The number of carbonyl (C=O) groups is 1. The van der Waals surface area contributed by atoms with Crippen LogP contribution in [0.15, 0.2) is 12.4 Å². The molecule has 2 saturated heterocycles. The van der Waals surface area contributed by atoms with Gasteiger partial charge in [-0.3, -0.25) is 9.78 Å². The van der Waals surface area contributed by atoms with E-state index < -0.39 is 0 Å². The average Bonchev–Trinajstić information content (AvgIpc) is 3.15. The van der Waals surface area contributed by atoms with Crippen molar-refractivity contribution in [1.29, 1.82) is 0 Å². The van der Waals surface area contributed by atoms with Gasteiger partial charge >= 0.3 is 0 Å². The van der Waals surface area contributed by atoms with Gasteiger partial charge in [0.15, 0.2) is 0 Å². The lowest BCUT2D eigenvalue weighted by atomic mass is 9.81. The minimum atomic E-state index is -0.186. The van der Waals surface area contributed by atoms with E-state index in [4.69, 9.17) is 4.74 Å². The number of aliphatic hydroxyl groups excluding tert-OH is 1. The van der Waals surface area contributed by atoms with E-state index in [2.05, 4.69) is 15.3 Å². The van der Waals surface area contributed by atoms with Crippen molar-refractivity contribution in [3.63, 3.8) is 0 Å². The summed E-state index contributed by atoms with van der Waals surface area (Å²) in [5.41, 5.74) is 0.191. The Morgan fingerprint density at radius 3 is 2.74 bits per heavy atom. The molecule has 2 fully saturated rings. The third-order valence-corrected chi connectivity index (χ3v) is 4.78. The molecule has 1 aromatic heterocycles. The van der Waals surface area contributed by atoms with E-state index in [0.29, 0.717) is 31.3 Å². The highest BCUT2D eigenvalue weighted by molar-refractivity contribution is 5.92. The number of aliphatic hydroxyl groups is 1. The molecule has 3 rings (SSSR count). The largest absolute Gasteiger partial charge is 0.396 e. The quantitative estimate of drug-likeness (QED) is 0.838. The van der Waals surface area contributed by atoms with Crippen LogP contribution < -0.4 is 5.32 Å². The lowest BCUT2D eigenvalue weighted by molar-refractivity contribution is -0.00862. The third-order valence-electron chi connectivity index (χ3n) is 4.78. The lowest BCUT2D eigenvalue weighted by Crippen LogP contribution is -2.39. The van der Waals surface area contributed by atoms with Crippen molar-refractivity contribution in [3.05, 3.63) is 18.1 Å². The second-order valence-corrected chi connectivity index (χ2v) is 6.41. The molecule has 126 valence electrons. The number of nitrogens with zero attached hydrogens (tertiary/aromatic N) is 3. The fourth-order valence-corrected chi connectivity index (χ4v) is 3.11. The van der Waals surface area contributed by atoms with E-state index in [0.717, 1.165) is 38.8 Å². The summed E-state index contributed by atoms with van der Waals surface area (Å²) in [5, 5.41) is 12.9. The molecule has 2 aliphatic heterocycles. The van der Waals surface area contributed by atoms with Gasteiger partial charge < -0.3 is 20.1 Å². The highest BCUT2D eigenvalue weighted by atomic mass is 16.5. The Balaban J connectivity index is 1.64. The van der Waals surface area contributed by atoms with Gasteiger partial charge in [-0.05, 0) is 25.7 Å². The highest BCUT2D eigenvalue weighted by Gasteiger charge is 2.32. The van der Waals surface area contributed by atoms with Crippen LogP contribution in [0, 0.1) is 5.41 Å². The van der Waals surface area contributed by atoms with Crippen molar-refractivity contribution >= 4 is 11.7 Å². The number of amides is 1. The predicted molar refractivity (Wildman–Crippen MR) is 85.2 cm³/mol. The second kappa shape index (κ2) is 7.23. The number of carbonyl (C=O) groups excluding carboxylic acids is 1. The van der Waals surface area contributed by atoms with Gasteiger partial charge in [0.2, 0.25) is 0 Å². The number of rotatable bonds is 5. The van der Waals surface area contributed by atoms with Gasteiger partial charge in [-0.2, -0.15) is 0 Å². The first-order valence-corrected chi connectivity index (χ1v) is 8.26. The topological polar surface area (TPSA) is 87.6 Å². The van der Waals surface area contributed by atoms with Crippen molar-refractivity contribution in [1.82, 2.24) is 14.9 Å². The molecule has 1 amide bonds. The Morgan fingerprint density at radius 1 is 1.30 bits per heavy atom. The maximum absolute atomic E-state index is 12.4. The summed E-state index contributed by atoms with van der Waals surface area (Å²) in [5.74, 6) is 0.524. The van der Waals surface area contributed by atoms with Crippen molar-refractivity contribution in [2.45, 2.75) is 25.7 Å². The minimum Gasteiger partial charge on any atom is -0.396 e. The molecule has 7 heteroatoms. The normalized spacial score (nSPS) is 20.5. The number of ether oxygens (including phenoxy) is 1. The molecule has 0 aliphatic carbocycles. The molecule has 23 heavy (non-hydrogen) atoms. The molecular weight excluding hydrogens is 296 g/mol. The fourth-order valence-electron chi connectivity index (χ4n) is 3.11. The molecule has 0 atom stereocenters. The van der Waals surface area contributed by atoms with Crippen LogP contribution in [0.25, 0.3) is 0 Å². The fraction of sp³-hybridized carbons (Fsp3) is 0.688. The van der Waals surface area contributed by atoms with Crippen molar-refractivity contribution in [2.75, 3.05) is 44.8 Å². The number of likely N-dealkylation sites (tertiary alicyclic amines) is 1. The summed E-state index contributed by atoms with van der Waals surface area (Å²) in [4.78, 5) is 22.7. The number of anilines is 1. The predicted octanol–water partition coefficient (Wildman–Crippen LogP) is 0.914. The molecule has 3 heterocycles. The van der Waals surface area contributed by atoms with Gasteiger partial charge in [0, 0.05) is 38.3 Å². The summed E-state index contributed by atoms with van der Waals surface area (Å²) in [6.45, 7) is 3.65. The summed E-state index contributed by atoms with van der Waals surface area (Å²) in [7, 11) is 0. The summed E-state index contributed by atoms with van der Waals surface area (Å²) in [6.07, 6.45) is 6.87. The first kappa shape index (κ1) is 16.1. The van der Waals surface area contributed by atoms with Crippen LogP contribution in [-0.2, 0) is 4.74 Å². The van der Waals surface area contributed by atoms with Crippen LogP contribution in [-0.4, -0.2) is 65.3 Å². The Bertz CT molecular complexity index is 540. The van der Waals surface area contributed by atoms with Crippen LogP contribution >= 0.6 is 0 Å². The summed E-state index contributed by atoms with van der Waals surface area (Å²) in [6, 6.07) is 0. The zero-order valence-electron chi connectivity index (χ0n) is 13.3.